The highest BCUT2D eigenvalue weighted by atomic mass is 16.7. The van der Waals surface area contributed by atoms with Gasteiger partial charge in [-0.25, -0.2) is 4.79 Å². The first-order valence-corrected chi connectivity index (χ1v) is 10.5. The van der Waals surface area contributed by atoms with Gasteiger partial charge < -0.3 is 19.0 Å². The summed E-state index contributed by atoms with van der Waals surface area (Å²) in [5, 5.41) is 12.4. The molecule has 2 aliphatic rings. The maximum Gasteiger partial charge on any atom is 0.344 e. The van der Waals surface area contributed by atoms with E-state index in [-0.39, 0.29) is 6.42 Å². The van der Waals surface area contributed by atoms with Crippen molar-refractivity contribution in [2.24, 2.45) is 0 Å². The first-order chi connectivity index (χ1) is 14.0. The van der Waals surface area contributed by atoms with Crippen molar-refractivity contribution in [1.29, 1.82) is 0 Å². The predicted molar refractivity (Wildman–Crippen MR) is 117 cm³/mol. The van der Waals surface area contributed by atoms with Crippen LogP contribution in [0, 0.1) is 6.92 Å². The van der Waals surface area contributed by atoms with E-state index in [0.717, 1.165) is 18.4 Å². The minimum Gasteiger partial charge on any atom is -0.458 e. The number of hydrogen-bond donors (Lipinski definition) is 1. The second kappa shape index (κ2) is 6.82. The Morgan fingerprint density at radius 3 is 2.73 bits per heavy atom. The molecule has 0 bridgehead atoms. The van der Waals surface area contributed by atoms with Crippen LogP contribution in [0.5, 0.6) is 5.75 Å². The van der Waals surface area contributed by atoms with Crippen molar-refractivity contribution in [3.63, 3.8) is 0 Å². The molecular weight excluding hydrogens is 380 g/mol. The summed E-state index contributed by atoms with van der Waals surface area (Å²) >= 11 is 0. The number of epoxide rings is 1. The van der Waals surface area contributed by atoms with Gasteiger partial charge in [-0.1, -0.05) is 36.8 Å². The highest BCUT2D eigenvalue weighted by molar-refractivity contribution is 5.88. The zero-order chi connectivity index (χ0) is 21.9. The zero-order valence-electron chi connectivity index (χ0n) is 18.4. The Morgan fingerprint density at radius 1 is 1.33 bits per heavy atom. The van der Waals surface area contributed by atoms with Crippen LogP contribution in [0.15, 0.2) is 51.7 Å². The number of benzene rings is 1. The normalized spacial score (nSPS) is 32.3. The van der Waals surface area contributed by atoms with Gasteiger partial charge in [-0.2, -0.15) is 0 Å². The third kappa shape index (κ3) is 3.21. The number of hydrogen-bond acceptors (Lipinski definition) is 5. The van der Waals surface area contributed by atoms with Crippen molar-refractivity contribution < 1.29 is 19.0 Å². The van der Waals surface area contributed by atoms with E-state index in [1.807, 2.05) is 32.9 Å². The molecule has 1 aromatic heterocycles. The summed E-state index contributed by atoms with van der Waals surface area (Å²) in [4.78, 5) is 12.9. The first kappa shape index (κ1) is 20.9. The molecule has 0 aliphatic carbocycles. The second-order valence-electron chi connectivity index (χ2n) is 9.42. The Bertz CT molecular complexity index is 1110. The molecule has 5 heteroatoms. The Kier molecular flexibility index (Phi) is 4.75. The number of aryl methyl sites for hydroxylation is 1. The van der Waals surface area contributed by atoms with Gasteiger partial charge in [0.2, 0.25) is 5.79 Å². The van der Waals surface area contributed by atoms with E-state index < -0.39 is 28.5 Å². The molecule has 160 valence electrons. The molecule has 0 saturated carbocycles. The van der Waals surface area contributed by atoms with Gasteiger partial charge >= 0.3 is 5.63 Å². The Hall–Kier alpha value is -2.37. The van der Waals surface area contributed by atoms with Crippen LogP contribution in [0.1, 0.15) is 58.1 Å². The molecular formula is C25H30O5. The Morgan fingerprint density at radius 2 is 2.07 bits per heavy atom. The number of ether oxygens (including phenoxy) is 2. The van der Waals surface area contributed by atoms with E-state index in [9.17, 15) is 9.90 Å². The van der Waals surface area contributed by atoms with Crippen LogP contribution in [0.4, 0.5) is 0 Å². The van der Waals surface area contributed by atoms with Gasteiger partial charge in [0.15, 0.2) is 6.10 Å². The minimum absolute atomic E-state index is 0.168. The fraction of sp³-hybridized carbons (Fsp3) is 0.480. The molecule has 3 heterocycles. The molecule has 1 N–H and O–H groups in total. The smallest absolute Gasteiger partial charge is 0.344 e. The van der Waals surface area contributed by atoms with Crippen LogP contribution in [0.2, 0.25) is 0 Å². The zero-order valence-corrected chi connectivity index (χ0v) is 18.4. The van der Waals surface area contributed by atoms with Crippen molar-refractivity contribution in [1.82, 2.24) is 0 Å². The first-order valence-electron chi connectivity index (χ1n) is 10.5. The molecule has 1 aromatic carbocycles. The van der Waals surface area contributed by atoms with Crippen molar-refractivity contribution in [3.8, 4) is 5.75 Å². The van der Waals surface area contributed by atoms with E-state index in [1.165, 1.54) is 5.57 Å². The lowest BCUT2D eigenvalue weighted by Crippen LogP contribution is -2.53. The molecule has 0 unspecified atom stereocenters. The van der Waals surface area contributed by atoms with Gasteiger partial charge in [-0.05, 0) is 52.2 Å². The van der Waals surface area contributed by atoms with Gasteiger partial charge in [0.25, 0.3) is 0 Å². The van der Waals surface area contributed by atoms with E-state index in [1.54, 1.807) is 12.1 Å². The van der Waals surface area contributed by atoms with Crippen LogP contribution in [-0.2, 0) is 10.2 Å². The lowest BCUT2D eigenvalue weighted by Gasteiger charge is -2.42. The average molecular weight is 411 g/mol. The van der Waals surface area contributed by atoms with Gasteiger partial charge in [0.1, 0.15) is 11.3 Å². The van der Waals surface area contributed by atoms with E-state index in [0.29, 0.717) is 22.3 Å². The molecule has 2 aromatic rings. The average Bonchev–Trinajstić information content (AvgIpc) is 3.33. The van der Waals surface area contributed by atoms with Crippen molar-refractivity contribution in [2.45, 2.75) is 76.8 Å². The topological polar surface area (TPSA) is 72.2 Å². The maximum atomic E-state index is 12.9. The monoisotopic (exact) mass is 410 g/mol. The number of fused-ring (bicyclic) bond motifs is 3. The fourth-order valence-corrected chi connectivity index (χ4v) is 4.77. The second-order valence-corrected chi connectivity index (χ2v) is 9.42. The summed E-state index contributed by atoms with van der Waals surface area (Å²) in [5.74, 6) is -1.20. The largest absolute Gasteiger partial charge is 0.458 e. The Labute approximate surface area is 177 Å². The lowest BCUT2D eigenvalue weighted by atomic mass is 9.73. The highest BCUT2D eigenvalue weighted by Gasteiger charge is 2.67. The summed E-state index contributed by atoms with van der Waals surface area (Å²) in [6.07, 6.45) is 5.19. The molecule has 0 amide bonds. The molecule has 30 heavy (non-hydrogen) atoms. The molecule has 1 saturated heterocycles. The van der Waals surface area contributed by atoms with Crippen molar-refractivity contribution >= 4 is 11.0 Å². The molecule has 2 aliphatic heterocycles. The van der Waals surface area contributed by atoms with Gasteiger partial charge in [-0.3, -0.25) is 0 Å². The SMILES string of the molecule is C=C[C@@]1(C)C[C@](O)([C@@H]2O[C@@]2(C)CCC=C(C)C)Oc2c1c(=O)oc1cccc(C)c21. The van der Waals surface area contributed by atoms with Crippen LogP contribution in [0.25, 0.3) is 11.0 Å². The van der Waals surface area contributed by atoms with Gasteiger partial charge in [0.05, 0.1) is 16.6 Å². The summed E-state index contributed by atoms with van der Waals surface area (Å²) in [5.41, 5.74) is 1.25. The van der Waals surface area contributed by atoms with Crippen LogP contribution in [-0.4, -0.2) is 22.6 Å². The maximum absolute atomic E-state index is 12.9. The van der Waals surface area contributed by atoms with Crippen molar-refractivity contribution in [3.05, 3.63) is 64.1 Å². The minimum atomic E-state index is -1.57. The van der Waals surface area contributed by atoms with Crippen LogP contribution in [0.3, 0.4) is 0 Å². The molecule has 4 rings (SSSR count). The number of aliphatic hydroxyl groups is 1. The van der Waals surface area contributed by atoms with E-state index in [2.05, 4.69) is 26.5 Å². The molecule has 1 fully saturated rings. The quantitative estimate of drug-likeness (QED) is 0.430. The number of rotatable bonds is 5. The summed E-state index contributed by atoms with van der Waals surface area (Å²) in [7, 11) is 0. The summed E-state index contributed by atoms with van der Waals surface area (Å²) in [6, 6.07) is 5.50. The summed E-state index contributed by atoms with van der Waals surface area (Å²) in [6.45, 7) is 13.9. The summed E-state index contributed by atoms with van der Waals surface area (Å²) < 4.78 is 17.9. The third-order valence-electron chi connectivity index (χ3n) is 6.50. The highest BCUT2D eigenvalue weighted by Crippen LogP contribution is 2.55. The van der Waals surface area contributed by atoms with Crippen LogP contribution >= 0.6 is 0 Å². The molecule has 4 atom stereocenters. The predicted octanol–water partition coefficient (Wildman–Crippen LogP) is 4.92. The van der Waals surface area contributed by atoms with E-state index >= 15 is 0 Å². The van der Waals surface area contributed by atoms with Gasteiger partial charge in [0, 0.05) is 11.8 Å². The Balaban J connectivity index is 1.80. The third-order valence-corrected chi connectivity index (χ3v) is 6.50. The molecule has 0 spiro atoms. The molecule has 5 nitrogen and oxygen atoms in total. The fourth-order valence-electron chi connectivity index (χ4n) is 4.77. The molecule has 0 radical (unpaired) electrons. The number of allylic oxidation sites excluding steroid dienone is 3. The van der Waals surface area contributed by atoms with E-state index in [4.69, 9.17) is 13.9 Å². The van der Waals surface area contributed by atoms with Crippen molar-refractivity contribution in [2.75, 3.05) is 0 Å². The van der Waals surface area contributed by atoms with Gasteiger partial charge in [-0.15, -0.1) is 6.58 Å². The standard InChI is InChI=1S/C25H30O5/c1-7-23(5)14-25(27,22-24(6,30-22)13-9-10-15(2)3)29-20-18-16(4)11-8-12-17(18)28-21(26)19(20)23/h7-8,10-12,22,27H,1,9,13-14H2,2-6H3/t22-,23+,24+,25-/m1/s1. The lowest BCUT2D eigenvalue weighted by molar-refractivity contribution is -0.175. The van der Waals surface area contributed by atoms with Crippen LogP contribution < -0.4 is 10.4 Å².